The zero-order chi connectivity index (χ0) is 27.1. The zero-order valence-corrected chi connectivity index (χ0v) is 23.1. The Morgan fingerprint density at radius 1 is 0.872 bits per heavy atom. The van der Waals surface area contributed by atoms with Crippen molar-refractivity contribution in [3.8, 4) is 0 Å². The highest BCUT2D eigenvalue weighted by Gasteiger charge is 2.39. The second kappa shape index (κ2) is 12.8. The van der Waals surface area contributed by atoms with Gasteiger partial charge in [-0.15, -0.1) is 0 Å². The Labute approximate surface area is 233 Å². The summed E-state index contributed by atoms with van der Waals surface area (Å²) in [5, 5.41) is 18.2. The Kier molecular flexibility index (Phi) is 9.00. The second-order valence-electron chi connectivity index (χ2n) is 11.4. The molecule has 0 aromatic heterocycles. The van der Waals surface area contributed by atoms with E-state index < -0.39 is 11.6 Å². The Balaban J connectivity index is 1.11. The van der Waals surface area contributed by atoms with Crippen molar-refractivity contribution in [1.29, 1.82) is 0 Å². The molecule has 1 heterocycles. The lowest BCUT2D eigenvalue weighted by atomic mass is 9.81. The molecule has 1 saturated heterocycles. The van der Waals surface area contributed by atoms with E-state index in [4.69, 9.17) is 0 Å². The van der Waals surface area contributed by atoms with Gasteiger partial charge < -0.3 is 15.7 Å². The van der Waals surface area contributed by atoms with Crippen molar-refractivity contribution in [1.82, 2.24) is 15.5 Å². The lowest BCUT2D eigenvalue weighted by molar-refractivity contribution is 0.0470. The first kappa shape index (κ1) is 27.4. The normalized spacial score (nSPS) is 22.8. The van der Waals surface area contributed by atoms with Crippen LogP contribution in [0.25, 0.3) is 0 Å². The van der Waals surface area contributed by atoms with E-state index in [1.807, 2.05) is 67.6 Å². The van der Waals surface area contributed by atoms with Crippen LogP contribution in [0.5, 0.6) is 0 Å². The predicted octanol–water partition coefficient (Wildman–Crippen LogP) is 6.40. The summed E-state index contributed by atoms with van der Waals surface area (Å²) in [7, 11) is 0. The fourth-order valence-corrected chi connectivity index (χ4v) is 6.67. The maximum absolute atomic E-state index is 13.0. The van der Waals surface area contributed by atoms with Crippen LogP contribution in [0.2, 0.25) is 0 Å². The molecule has 1 unspecified atom stereocenters. The second-order valence-corrected chi connectivity index (χ2v) is 11.4. The fraction of sp³-hybridized carbons (Fsp3) is 0.441. The first-order valence-corrected chi connectivity index (χ1v) is 14.7. The van der Waals surface area contributed by atoms with Gasteiger partial charge in [-0.25, -0.2) is 4.79 Å². The number of nitrogens with zero attached hydrogens (tertiary/aromatic N) is 1. The largest absolute Gasteiger partial charge is 0.378 e. The topological polar surface area (TPSA) is 64.6 Å². The SMILES string of the molecule is C[C@H](NC(=O)NC1CCC(CCN2CCCC2c2ccccc2)CC1)C(O)(c1ccccc1)c1ccccc1. The summed E-state index contributed by atoms with van der Waals surface area (Å²) in [6.45, 7) is 4.24. The van der Waals surface area contributed by atoms with E-state index in [9.17, 15) is 9.90 Å². The summed E-state index contributed by atoms with van der Waals surface area (Å²) in [5.74, 6) is 0.725. The molecule has 1 aliphatic heterocycles. The Morgan fingerprint density at radius 3 is 2.03 bits per heavy atom. The van der Waals surface area contributed by atoms with Gasteiger partial charge in [-0.2, -0.15) is 0 Å². The van der Waals surface area contributed by atoms with Crippen LogP contribution in [-0.4, -0.2) is 41.2 Å². The molecule has 3 N–H and O–H groups in total. The smallest absolute Gasteiger partial charge is 0.315 e. The number of carbonyl (C=O) groups excluding carboxylic acids is 1. The number of amides is 2. The molecule has 3 aromatic carbocycles. The van der Waals surface area contributed by atoms with E-state index in [0.29, 0.717) is 6.04 Å². The molecule has 0 bridgehead atoms. The Bertz CT molecular complexity index is 1120. The van der Waals surface area contributed by atoms with Crippen LogP contribution < -0.4 is 10.6 Å². The number of rotatable bonds is 9. The molecule has 1 saturated carbocycles. The average Bonchev–Trinajstić information content (AvgIpc) is 3.46. The molecule has 0 radical (unpaired) electrons. The van der Waals surface area contributed by atoms with Gasteiger partial charge >= 0.3 is 6.03 Å². The lowest BCUT2D eigenvalue weighted by Gasteiger charge is -2.36. The molecule has 206 valence electrons. The van der Waals surface area contributed by atoms with Crippen LogP contribution in [0.1, 0.15) is 74.6 Å². The van der Waals surface area contributed by atoms with Crippen molar-refractivity contribution in [3.63, 3.8) is 0 Å². The summed E-state index contributed by atoms with van der Waals surface area (Å²) < 4.78 is 0. The first-order chi connectivity index (χ1) is 19.0. The van der Waals surface area contributed by atoms with Crippen molar-refractivity contribution in [2.24, 2.45) is 5.92 Å². The highest BCUT2D eigenvalue weighted by molar-refractivity contribution is 5.75. The van der Waals surface area contributed by atoms with Crippen LogP contribution in [0.4, 0.5) is 4.79 Å². The van der Waals surface area contributed by atoms with Gasteiger partial charge in [-0.05, 0) is 87.6 Å². The minimum atomic E-state index is -1.33. The molecule has 2 aliphatic rings. The van der Waals surface area contributed by atoms with E-state index in [1.165, 1.54) is 31.4 Å². The quantitative estimate of drug-likeness (QED) is 0.303. The number of carbonyl (C=O) groups is 1. The van der Waals surface area contributed by atoms with E-state index >= 15 is 0 Å². The molecule has 3 aromatic rings. The Hall–Kier alpha value is -3.15. The van der Waals surface area contributed by atoms with Crippen molar-refractivity contribution in [2.45, 2.75) is 75.6 Å². The summed E-state index contributed by atoms with van der Waals surface area (Å²) >= 11 is 0. The maximum atomic E-state index is 13.0. The van der Waals surface area contributed by atoms with Gasteiger partial charge in [0.1, 0.15) is 5.60 Å². The summed E-state index contributed by atoms with van der Waals surface area (Å²) in [5.41, 5.74) is 1.65. The molecule has 2 amide bonds. The first-order valence-electron chi connectivity index (χ1n) is 14.7. The third-order valence-corrected chi connectivity index (χ3v) is 8.96. The van der Waals surface area contributed by atoms with Gasteiger partial charge in [0.15, 0.2) is 0 Å². The van der Waals surface area contributed by atoms with Crippen molar-refractivity contribution < 1.29 is 9.90 Å². The van der Waals surface area contributed by atoms with Crippen LogP contribution in [0, 0.1) is 5.92 Å². The maximum Gasteiger partial charge on any atom is 0.315 e. The van der Waals surface area contributed by atoms with Crippen LogP contribution >= 0.6 is 0 Å². The highest BCUT2D eigenvalue weighted by atomic mass is 16.3. The van der Waals surface area contributed by atoms with E-state index in [0.717, 1.165) is 49.3 Å². The predicted molar refractivity (Wildman–Crippen MR) is 157 cm³/mol. The standard InChI is InChI=1S/C34H43N3O2/c1-26(34(39,29-14-7-3-8-15-29)30-16-9-4-10-17-30)35-33(38)36-31-21-19-27(20-22-31)23-25-37-24-11-18-32(37)28-12-5-2-6-13-28/h2-10,12-17,26-27,31-32,39H,11,18-25H2,1H3,(H2,35,36,38)/t26-,27?,31?,32?/m0/s1. The summed E-state index contributed by atoms with van der Waals surface area (Å²) in [6, 6.07) is 30.1. The summed E-state index contributed by atoms with van der Waals surface area (Å²) in [6.07, 6.45) is 8.11. The number of urea groups is 1. The number of likely N-dealkylation sites (tertiary alicyclic amines) is 1. The van der Waals surface area contributed by atoms with Gasteiger partial charge in [0, 0.05) is 12.1 Å². The fourth-order valence-electron chi connectivity index (χ4n) is 6.67. The molecular weight excluding hydrogens is 482 g/mol. The van der Waals surface area contributed by atoms with Gasteiger partial charge in [0.2, 0.25) is 0 Å². The van der Waals surface area contributed by atoms with Crippen molar-refractivity contribution >= 4 is 6.03 Å². The van der Waals surface area contributed by atoms with Gasteiger partial charge in [0.25, 0.3) is 0 Å². The number of hydrogen-bond acceptors (Lipinski definition) is 3. The average molecular weight is 526 g/mol. The van der Waals surface area contributed by atoms with Crippen molar-refractivity contribution in [3.05, 3.63) is 108 Å². The molecule has 0 spiro atoms. The Morgan fingerprint density at radius 2 is 1.44 bits per heavy atom. The number of benzene rings is 3. The van der Waals surface area contributed by atoms with Gasteiger partial charge in [-0.1, -0.05) is 91.0 Å². The number of aliphatic hydroxyl groups is 1. The van der Waals surface area contributed by atoms with Gasteiger partial charge in [0.05, 0.1) is 6.04 Å². The summed E-state index contributed by atoms with van der Waals surface area (Å²) in [4.78, 5) is 15.7. The number of nitrogens with one attached hydrogen (secondary N) is 2. The van der Waals surface area contributed by atoms with E-state index in [-0.39, 0.29) is 12.1 Å². The van der Waals surface area contributed by atoms with Crippen LogP contribution in [0.15, 0.2) is 91.0 Å². The molecule has 2 atom stereocenters. The van der Waals surface area contributed by atoms with Crippen molar-refractivity contribution in [2.75, 3.05) is 13.1 Å². The minimum absolute atomic E-state index is 0.179. The monoisotopic (exact) mass is 525 g/mol. The molecule has 2 fully saturated rings. The van der Waals surface area contributed by atoms with Crippen LogP contribution in [-0.2, 0) is 5.60 Å². The number of hydrogen-bond donors (Lipinski definition) is 3. The van der Waals surface area contributed by atoms with Crippen LogP contribution in [0.3, 0.4) is 0 Å². The molecule has 5 nitrogen and oxygen atoms in total. The lowest BCUT2D eigenvalue weighted by Crippen LogP contribution is -2.54. The zero-order valence-electron chi connectivity index (χ0n) is 23.1. The molecular formula is C34H43N3O2. The molecule has 1 aliphatic carbocycles. The third kappa shape index (κ3) is 6.54. The van der Waals surface area contributed by atoms with E-state index in [2.05, 4.69) is 45.9 Å². The minimum Gasteiger partial charge on any atom is -0.378 e. The third-order valence-electron chi connectivity index (χ3n) is 8.96. The van der Waals surface area contributed by atoms with Gasteiger partial charge in [-0.3, -0.25) is 4.90 Å². The molecule has 39 heavy (non-hydrogen) atoms. The molecule has 5 heteroatoms. The van der Waals surface area contributed by atoms with E-state index in [1.54, 1.807) is 0 Å². The highest BCUT2D eigenvalue weighted by Crippen LogP contribution is 2.35. The molecule has 5 rings (SSSR count).